The average molecular weight is 323 g/mol. The van der Waals surface area contributed by atoms with E-state index in [1.807, 2.05) is 6.07 Å². The molecule has 1 saturated heterocycles. The van der Waals surface area contributed by atoms with Gasteiger partial charge in [-0.25, -0.2) is 0 Å². The molecule has 4 nitrogen and oxygen atoms in total. The Balaban J connectivity index is 1.73. The molecule has 112 valence electrons. The maximum atomic E-state index is 9.12. The first-order valence-electron chi connectivity index (χ1n) is 7.16. The highest BCUT2D eigenvalue weighted by Crippen LogP contribution is 2.23. The fourth-order valence-corrected chi connectivity index (χ4v) is 3.66. The van der Waals surface area contributed by atoms with Crippen LogP contribution in [0.4, 0.5) is 0 Å². The van der Waals surface area contributed by atoms with Crippen molar-refractivity contribution in [2.24, 2.45) is 5.92 Å². The zero-order valence-electron chi connectivity index (χ0n) is 12.0. The minimum absolute atomic E-state index is 0.0210. The van der Waals surface area contributed by atoms with Crippen LogP contribution in [0.15, 0.2) is 12.1 Å². The normalized spacial score (nSPS) is 18.0. The van der Waals surface area contributed by atoms with E-state index in [4.69, 9.17) is 22.1 Å². The van der Waals surface area contributed by atoms with Gasteiger partial charge in [0.25, 0.3) is 0 Å². The van der Waals surface area contributed by atoms with Crippen molar-refractivity contribution < 1.29 is 0 Å². The Hall–Kier alpha value is -1.11. The van der Waals surface area contributed by atoms with Gasteiger partial charge in [-0.1, -0.05) is 11.6 Å². The molecule has 0 bridgehead atoms. The number of piperazine rings is 1. The van der Waals surface area contributed by atoms with Gasteiger partial charge in [0, 0.05) is 50.6 Å². The van der Waals surface area contributed by atoms with Gasteiger partial charge in [-0.05, 0) is 18.6 Å². The molecule has 1 atom stereocenters. The molecule has 0 aliphatic carbocycles. The maximum absolute atomic E-state index is 9.12. The molecule has 1 aromatic heterocycles. The van der Waals surface area contributed by atoms with Gasteiger partial charge in [-0.2, -0.15) is 10.5 Å². The third kappa shape index (κ3) is 5.30. The fraction of sp³-hybridized carbons (Fsp3) is 0.600. The van der Waals surface area contributed by atoms with Gasteiger partial charge < -0.3 is 0 Å². The van der Waals surface area contributed by atoms with Crippen LogP contribution < -0.4 is 0 Å². The smallest absolute Gasteiger partial charge is 0.0931 e. The summed E-state index contributed by atoms with van der Waals surface area (Å²) in [6, 6.07) is 8.48. The number of halogens is 1. The topological polar surface area (TPSA) is 54.1 Å². The first kappa shape index (κ1) is 16.3. The van der Waals surface area contributed by atoms with Crippen molar-refractivity contribution >= 4 is 22.9 Å². The zero-order valence-corrected chi connectivity index (χ0v) is 13.5. The summed E-state index contributed by atoms with van der Waals surface area (Å²) in [6.45, 7) is 5.77. The third-order valence-electron chi connectivity index (χ3n) is 3.74. The lowest BCUT2D eigenvalue weighted by molar-refractivity contribution is 0.119. The van der Waals surface area contributed by atoms with E-state index in [1.54, 1.807) is 11.3 Å². The number of hydrogen-bond donors (Lipinski definition) is 0. The molecule has 1 fully saturated rings. The third-order valence-corrected chi connectivity index (χ3v) is 4.95. The van der Waals surface area contributed by atoms with Crippen LogP contribution in [0.2, 0.25) is 4.34 Å². The molecule has 1 aliphatic rings. The SMILES string of the molecule is N#CCC[C@@H](C#N)CN1CCN(Cc2ccc(Cl)s2)CC1. The van der Waals surface area contributed by atoms with Crippen molar-refractivity contribution in [1.29, 1.82) is 10.5 Å². The standard InChI is InChI=1S/C15H19ClN4S/c16-15-4-3-14(21-15)12-20-8-6-19(7-9-20)11-13(10-18)2-1-5-17/h3-4,13H,1-2,6-9,11-12H2/t13-/m0/s1. The monoisotopic (exact) mass is 322 g/mol. The molecule has 0 radical (unpaired) electrons. The molecule has 0 amide bonds. The molecule has 0 spiro atoms. The summed E-state index contributed by atoms with van der Waals surface area (Å²) in [7, 11) is 0. The Kier molecular flexibility index (Phi) is 6.48. The van der Waals surface area contributed by atoms with Gasteiger partial charge in [0.1, 0.15) is 0 Å². The second-order valence-electron chi connectivity index (χ2n) is 5.31. The van der Waals surface area contributed by atoms with Gasteiger partial charge in [0.15, 0.2) is 0 Å². The van der Waals surface area contributed by atoms with E-state index in [1.165, 1.54) is 4.88 Å². The molecule has 1 aromatic rings. The van der Waals surface area contributed by atoms with Crippen LogP contribution in [-0.2, 0) is 6.54 Å². The highest BCUT2D eigenvalue weighted by atomic mass is 35.5. The van der Waals surface area contributed by atoms with Gasteiger partial charge in [0.05, 0.1) is 22.4 Å². The molecule has 0 saturated carbocycles. The summed E-state index contributed by atoms with van der Waals surface area (Å²) >= 11 is 7.60. The fourth-order valence-electron chi connectivity index (χ4n) is 2.53. The zero-order chi connectivity index (χ0) is 15.1. The van der Waals surface area contributed by atoms with Crippen molar-refractivity contribution in [2.45, 2.75) is 19.4 Å². The van der Waals surface area contributed by atoms with Crippen molar-refractivity contribution in [2.75, 3.05) is 32.7 Å². The van der Waals surface area contributed by atoms with Crippen LogP contribution in [0.5, 0.6) is 0 Å². The summed E-state index contributed by atoms with van der Waals surface area (Å²) in [4.78, 5) is 6.07. The Labute approximate surface area is 135 Å². The van der Waals surface area contributed by atoms with E-state index in [2.05, 4.69) is 28.0 Å². The van der Waals surface area contributed by atoms with E-state index in [0.717, 1.165) is 43.6 Å². The second-order valence-corrected chi connectivity index (χ2v) is 7.11. The van der Waals surface area contributed by atoms with Gasteiger partial charge in [-0.3, -0.25) is 9.80 Å². The Morgan fingerprint density at radius 2 is 1.90 bits per heavy atom. The lowest BCUT2D eigenvalue weighted by Crippen LogP contribution is -2.47. The Morgan fingerprint density at radius 3 is 2.48 bits per heavy atom. The second kappa shape index (κ2) is 8.36. The van der Waals surface area contributed by atoms with Crippen LogP contribution >= 0.6 is 22.9 Å². The molecule has 1 aliphatic heterocycles. The highest BCUT2D eigenvalue weighted by molar-refractivity contribution is 7.16. The van der Waals surface area contributed by atoms with Crippen molar-refractivity contribution in [1.82, 2.24) is 9.80 Å². The van der Waals surface area contributed by atoms with Gasteiger partial charge in [0.2, 0.25) is 0 Å². The molecule has 6 heteroatoms. The minimum Gasteiger partial charge on any atom is -0.299 e. The summed E-state index contributed by atoms with van der Waals surface area (Å²) in [6.07, 6.45) is 1.15. The van der Waals surface area contributed by atoms with Crippen LogP contribution in [-0.4, -0.2) is 42.5 Å². The Morgan fingerprint density at radius 1 is 1.19 bits per heavy atom. The lowest BCUT2D eigenvalue weighted by Gasteiger charge is -2.35. The summed E-state index contributed by atoms with van der Waals surface area (Å²) in [5, 5.41) is 17.7. The number of nitriles is 2. The number of rotatable bonds is 6. The molecule has 0 N–H and O–H groups in total. The van der Waals surface area contributed by atoms with Crippen molar-refractivity contribution in [3.8, 4) is 12.1 Å². The molecular weight excluding hydrogens is 304 g/mol. The predicted octanol–water partition coefficient (Wildman–Crippen LogP) is 2.96. The molecule has 2 rings (SSSR count). The molecular formula is C15H19ClN4S. The first-order valence-corrected chi connectivity index (χ1v) is 8.36. The van der Waals surface area contributed by atoms with E-state index < -0.39 is 0 Å². The van der Waals surface area contributed by atoms with Crippen LogP contribution in [0, 0.1) is 28.6 Å². The highest BCUT2D eigenvalue weighted by Gasteiger charge is 2.20. The maximum Gasteiger partial charge on any atom is 0.0931 e. The number of nitrogens with zero attached hydrogens (tertiary/aromatic N) is 4. The van der Waals surface area contributed by atoms with Crippen LogP contribution in [0.1, 0.15) is 17.7 Å². The molecule has 0 aromatic carbocycles. The number of thiophene rings is 1. The Bertz CT molecular complexity index is 523. The summed E-state index contributed by atoms with van der Waals surface area (Å²) in [5.74, 6) is -0.0210. The summed E-state index contributed by atoms with van der Waals surface area (Å²) < 4.78 is 0.845. The lowest BCUT2D eigenvalue weighted by atomic mass is 10.0. The minimum atomic E-state index is -0.0210. The first-order chi connectivity index (χ1) is 10.2. The van der Waals surface area contributed by atoms with Gasteiger partial charge in [-0.15, -0.1) is 11.3 Å². The van der Waals surface area contributed by atoms with Crippen LogP contribution in [0.25, 0.3) is 0 Å². The molecule has 2 heterocycles. The largest absolute Gasteiger partial charge is 0.299 e. The predicted molar refractivity (Wildman–Crippen MR) is 85.0 cm³/mol. The van der Waals surface area contributed by atoms with Gasteiger partial charge >= 0.3 is 0 Å². The van der Waals surface area contributed by atoms with E-state index in [-0.39, 0.29) is 5.92 Å². The number of hydrogen-bond acceptors (Lipinski definition) is 5. The van der Waals surface area contributed by atoms with Crippen LogP contribution in [0.3, 0.4) is 0 Å². The van der Waals surface area contributed by atoms with Crippen molar-refractivity contribution in [3.63, 3.8) is 0 Å². The van der Waals surface area contributed by atoms with Crippen molar-refractivity contribution in [3.05, 3.63) is 21.3 Å². The quantitative estimate of drug-likeness (QED) is 0.808. The van der Waals surface area contributed by atoms with E-state index >= 15 is 0 Å². The van der Waals surface area contributed by atoms with E-state index in [0.29, 0.717) is 12.8 Å². The summed E-state index contributed by atoms with van der Waals surface area (Å²) in [5.41, 5.74) is 0. The molecule has 0 unspecified atom stereocenters. The van der Waals surface area contributed by atoms with E-state index in [9.17, 15) is 0 Å². The average Bonchev–Trinajstić information content (AvgIpc) is 2.90. The molecule has 21 heavy (non-hydrogen) atoms.